The lowest BCUT2D eigenvalue weighted by atomic mass is 10.0. The Morgan fingerprint density at radius 1 is 1.07 bits per heavy atom. The fourth-order valence-electron chi connectivity index (χ4n) is 4.06. The molecule has 158 valence electrons. The molecule has 2 N–H and O–H groups in total. The molecule has 0 bridgehead atoms. The molecule has 0 atom stereocenters. The van der Waals surface area contributed by atoms with Crippen LogP contribution < -0.4 is 10.2 Å². The summed E-state index contributed by atoms with van der Waals surface area (Å²) in [6.07, 6.45) is 0. The number of carbonyl (C=O) groups is 1. The van der Waals surface area contributed by atoms with E-state index in [1.807, 2.05) is 25.1 Å². The summed E-state index contributed by atoms with van der Waals surface area (Å²) >= 11 is 0. The van der Waals surface area contributed by atoms with Gasteiger partial charge >= 0.3 is 0 Å². The number of aromatic amines is 1. The first-order valence-corrected chi connectivity index (χ1v) is 10.4. The van der Waals surface area contributed by atoms with Gasteiger partial charge in [0.2, 0.25) is 0 Å². The van der Waals surface area contributed by atoms with Crippen LogP contribution in [-0.2, 0) is 0 Å². The van der Waals surface area contributed by atoms with Gasteiger partial charge in [0.05, 0.1) is 5.52 Å². The molecule has 1 saturated heterocycles. The van der Waals surface area contributed by atoms with Gasteiger partial charge < -0.3 is 15.2 Å². The smallest absolute Gasteiger partial charge is 0.272 e. The van der Waals surface area contributed by atoms with Gasteiger partial charge in [-0.15, -0.1) is 0 Å². The minimum atomic E-state index is -0.331. The zero-order chi connectivity index (χ0) is 21.5. The molecule has 30 heavy (non-hydrogen) atoms. The highest BCUT2D eigenvalue weighted by atomic mass is 19.1. The van der Waals surface area contributed by atoms with Crippen LogP contribution in [-0.4, -0.2) is 47.5 Å². The van der Waals surface area contributed by atoms with E-state index in [2.05, 4.69) is 46.9 Å². The molecule has 1 aromatic heterocycles. The second kappa shape index (κ2) is 7.76. The number of nitrogens with zero attached hydrogens (tertiary/aromatic N) is 2. The first kappa shape index (κ1) is 20.4. The zero-order valence-corrected chi connectivity index (χ0v) is 18.1. The summed E-state index contributed by atoms with van der Waals surface area (Å²) in [4.78, 5) is 20.7. The number of aromatic nitrogens is 1. The van der Waals surface area contributed by atoms with Gasteiger partial charge in [0.15, 0.2) is 0 Å². The van der Waals surface area contributed by atoms with Crippen molar-refractivity contribution < 1.29 is 9.18 Å². The molecule has 1 amide bonds. The van der Waals surface area contributed by atoms with Gasteiger partial charge in [-0.1, -0.05) is 12.1 Å². The van der Waals surface area contributed by atoms with Crippen molar-refractivity contribution in [2.24, 2.45) is 0 Å². The number of amides is 1. The summed E-state index contributed by atoms with van der Waals surface area (Å²) in [6.45, 7) is 12.6. The number of carbonyl (C=O) groups excluding carboxylic acids is 1. The van der Waals surface area contributed by atoms with Gasteiger partial charge in [0.25, 0.3) is 5.91 Å². The summed E-state index contributed by atoms with van der Waals surface area (Å²) < 4.78 is 14.1. The highest BCUT2D eigenvalue weighted by molar-refractivity contribution is 6.06. The number of hydrogen-bond donors (Lipinski definition) is 2. The number of benzene rings is 2. The van der Waals surface area contributed by atoms with Crippen LogP contribution in [0, 0.1) is 12.7 Å². The maximum absolute atomic E-state index is 14.1. The molecule has 2 heterocycles. The van der Waals surface area contributed by atoms with Gasteiger partial charge in [-0.25, -0.2) is 4.39 Å². The number of nitrogens with one attached hydrogen (secondary N) is 2. The predicted octanol–water partition coefficient (Wildman–Crippen LogP) is 4.79. The standard InChI is InChI=1S/C24H29FN4O/c1-16-8-9-20(25)19-15-21(27-22(16)19)23(30)26-17-6-5-7-18(14-17)28-10-12-29(13-11-28)24(2,3)4/h5-9,14-15,27H,10-13H2,1-4H3,(H,26,30). The van der Waals surface area contributed by atoms with E-state index in [1.54, 1.807) is 12.1 Å². The Kier molecular flexibility index (Phi) is 5.28. The minimum absolute atomic E-state index is 0.180. The van der Waals surface area contributed by atoms with E-state index >= 15 is 0 Å². The Morgan fingerprint density at radius 3 is 2.47 bits per heavy atom. The lowest BCUT2D eigenvalue weighted by molar-refractivity contribution is 0.102. The molecule has 0 spiro atoms. The quantitative estimate of drug-likeness (QED) is 0.655. The van der Waals surface area contributed by atoms with Crippen molar-refractivity contribution >= 4 is 28.2 Å². The Balaban J connectivity index is 1.48. The number of rotatable bonds is 3. The Hall–Kier alpha value is -2.86. The first-order valence-electron chi connectivity index (χ1n) is 10.4. The van der Waals surface area contributed by atoms with Gasteiger partial charge in [-0.3, -0.25) is 9.69 Å². The number of halogens is 1. The van der Waals surface area contributed by atoms with Gasteiger partial charge in [-0.2, -0.15) is 0 Å². The van der Waals surface area contributed by atoms with Crippen molar-refractivity contribution in [3.05, 3.63) is 59.5 Å². The Bertz CT molecular complexity index is 1040. The lowest BCUT2D eigenvalue weighted by Crippen LogP contribution is -2.53. The maximum Gasteiger partial charge on any atom is 0.272 e. The summed E-state index contributed by atoms with van der Waals surface area (Å²) in [7, 11) is 0. The zero-order valence-electron chi connectivity index (χ0n) is 18.1. The van der Waals surface area contributed by atoms with Crippen LogP contribution in [0.3, 0.4) is 0 Å². The number of piperazine rings is 1. The van der Waals surface area contributed by atoms with Crippen LogP contribution in [0.2, 0.25) is 0 Å². The summed E-state index contributed by atoms with van der Waals surface area (Å²) in [5.74, 6) is -0.609. The van der Waals surface area contributed by atoms with Crippen molar-refractivity contribution in [1.82, 2.24) is 9.88 Å². The van der Waals surface area contributed by atoms with Crippen molar-refractivity contribution in [2.75, 3.05) is 36.4 Å². The summed E-state index contributed by atoms with van der Waals surface area (Å²) in [6, 6.07) is 12.6. The Morgan fingerprint density at radius 2 is 1.80 bits per heavy atom. The highest BCUT2D eigenvalue weighted by Gasteiger charge is 2.26. The maximum atomic E-state index is 14.1. The van der Waals surface area contributed by atoms with Crippen LogP contribution in [0.5, 0.6) is 0 Å². The number of aryl methyl sites for hydroxylation is 1. The number of H-pyrrole nitrogens is 1. The molecule has 2 aromatic carbocycles. The van der Waals surface area contributed by atoms with E-state index in [9.17, 15) is 9.18 Å². The molecular formula is C24H29FN4O. The number of anilines is 2. The molecule has 0 radical (unpaired) electrons. The van der Waals surface area contributed by atoms with Crippen LogP contribution in [0.25, 0.3) is 10.9 Å². The molecule has 3 aromatic rings. The topological polar surface area (TPSA) is 51.4 Å². The SMILES string of the molecule is Cc1ccc(F)c2cc(C(=O)Nc3cccc(N4CCN(C(C)(C)C)CC4)c3)[nH]c12. The third kappa shape index (κ3) is 4.05. The monoisotopic (exact) mass is 408 g/mol. The van der Waals surface area contributed by atoms with Crippen molar-refractivity contribution in [3.63, 3.8) is 0 Å². The van der Waals surface area contributed by atoms with E-state index < -0.39 is 0 Å². The van der Waals surface area contributed by atoms with Crippen LogP contribution in [0.4, 0.5) is 15.8 Å². The highest BCUT2D eigenvalue weighted by Crippen LogP contribution is 2.25. The van der Waals surface area contributed by atoms with E-state index in [0.717, 1.165) is 43.1 Å². The first-order chi connectivity index (χ1) is 14.2. The fraction of sp³-hybridized carbons (Fsp3) is 0.375. The lowest BCUT2D eigenvalue weighted by Gasteiger charge is -2.43. The molecule has 0 unspecified atom stereocenters. The molecule has 0 saturated carbocycles. The summed E-state index contributed by atoms with van der Waals surface area (Å²) in [5.41, 5.74) is 3.92. The van der Waals surface area contributed by atoms with Crippen LogP contribution in [0.15, 0.2) is 42.5 Å². The van der Waals surface area contributed by atoms with Gasteiger partial charge in [-0.05, 0) is 63.6 Å². The second-order valence-corrected chi connectivity index (χ2v) is 8.99. The molecule has 5 nitrogen and oxygen atoms in total. The number of fused-ring (bicyclic) bond motifs is 1. The van der Waals surface area contributed by atoms with Crippen LogP contribution >= 0.6 is 0 Å². The molecule has 1 aliphatic rings. The van der Waals surface area contributed by atoms with E-state index in [0.29, 0.717) is 16.6 Å². The molecule has 1 fully saturated rings. The average Bonchev–Trinajstić information content (AvgIpc) is 3.18. The summed E-state index contributed by atoms with van der Waals surface area (Å²) in [5, 5.41) is 3.38. The third-order valence-corrected chi connectivity index (χ3v) is 5.89. The Labute approximate surface area is 176 Å². The minimum Gasteiger partial charge on any atom is -0.369 e. The third-order valence-electron chi connectivity index (χ3n) is 5.89. The predicted molar refractivity (Wildman–Crippen MR) is 121 cm³/mol. The number of hydrogen-bond acceptors (Lipinski definition) is 3. The fourth-order valence-corrected chi connectivity index (χ4v) is 4.06. The van der Waals surface area contributed by atoms with E-state index in [4.69, 9.17) is 0 Å². The second-order valence-electron chi connectivity index (χ2n) is 8.99. The van der Waals surface area contributed by atoms with Crippen molar-refractivity contribution in [1.29, 1.82) is 0 Å². The van der Waals surface area contributed by atoms with Crippen molar-refractivity contribution in [3.8, 4) is 0 Å². The van der Waals surface area contributed by atoms with Gasteiger partial charge in [0, 0.05) is 48.5 Å². The molecular weight excluding hydrogens is 379 g/mol. The largest absolute Gasteiger partial charge is 0.369 e. The van der Waals surface area contributed by atoms with Crippen LogP contribution in [0.1, 0.15) is 36.8 Å². The normalized spacial score (nSPS) is 15.6. The molecule has 4 rings (SSSR count). The molecule has 1 aliphatic heterocycles. The molecule has 6 heteroatoms. The van der Waals surface area contributed by atoms with E-state index in [-0.39, 0.29) is 17.3 Å². The average molecular weight is 409 g/mol. The van der Waals surface area contributed by atoms with E-state index in [1.165, 1.54) is 6.07 Å². The van der Waals surface area contributed by atoms with Crippen molar-refractivity contribution in [2.45, 2.75) is 33.2 Å². The van der Waals surface area contributed by atoms with Gasteiger partial charge in [0.1, 0.15) is 11.5 Å². The molecule has 0 aliphatic carbocycles.